The van der Waals surface area contributed by atoms with Gasteiger partial charge in [-0.25, -0.2) is 0 Å². The highest BCUT2D eigenvalue weighted by molar-refractivity contribution is 5.47. The molecule has 0 unspecified atom stereocenters. The van der Waals surface area contributed by atoms with Crippen LogP contribution in [0.5, 0.6) is 5.75 Å². The van der Waals surface area contributed by atoms with E-state index in [-0.39, 0.29) is 0 Å². The standard InChI is InChI=1S/C14H22N2O/c1-3-8-16(13-5-6-13)10-11-9-12(15)4-7-14(11)17-2/h4,7,9,13H,3,5-6,8,10,15H2,1-2H3. The molecule has 2 rings (SSSR count). The van der Waals surface area contributed by atoms with Crippen molar-refractivity contribution in [1.29, 1.82) is 0 Å². The average molecular weight is 234 g/mol. The number of hydrogen-bond donors (Lipinski definition) is 1. The summed E-state index contributed by atoms with van der Waals surface area (Å²) in [6.07, 6.45) is 3.87. The van der Waals surface area contributed by atoms with Gasteiger partial charge in [0.1, 0.15) is 5.75 Å². The first-order valence-corrected chi connectivity index (χ1v) is 6.41. The van der Waals surface area contributed by atoms with E-state index in [1.807, 2.05) is 18.2 Å². The second kappa shape index (κ2) is 5.41. The minimum absolute atomic E-state index is 0.779. The van der Waals surface area contributed by atoms with E-state index in [1.165, 1.54) is 24.8 Å². The van der Waals surface area contributed by atoms with E-state index in [4.69, 9.17) is 10.5 Å². The van der Waals surface area contributed by atoms with Crippen LogP contribution in [0.2, 0.25) is 0 Å². The summed E-state index contributed by atoms with van der Waals surface area (Å²) in [5.41, 5.74) is 7.86. The minimum atomic E-state index is 0.779. The molecule has 0 amide bonds. The van der Waals surface area contributed by atoms with Crippen molar-refractivity contribution in [3.63, 3.8) is 0 Å². The van der Waals surface area contributed by atoms with E-state index in [2.05, 4.69) is 11.8 Å². The predicted molar refractivity (Wildman–Crippen MR) is 71.1 cm³/mol. The summed E-state index contributed by atoms with van der Waals surface area (Å²) >= 11 is 0. The van der Waals surface area contributed by atoms with Crippen LogP contribution >= 0.6 is 0 Å². The van der Waals surface area contributed by atoms with Crippen molar-refractivity contribution in [1.82, 2.24) is 4.90 Å². The number of ether oxygens (including phenoxy) is 1. The Labute approximate surface area is 104 Å². The van der Waals surface area contributed by atoms with Crippen LogP contribution in [0.4, 0.5) is 5.69 Å². The van der Waals surface area contributed by atoms with Crippen molar-refractivity contribution < 1.29 is 4.74 Å². The van der Waals surface area contributed by atoms with Crippen molar-refractivity contribution in [2.24, 2.45) is 0 Å². The lowest BCUT2D eigenvalue weighted by atomic mass is 10.1. The summed E-state index contributed by atoms with van der Waals surface area (Å²) < 4.78 is 5.40. The monoisotopic (exact) mass is 234 g/mol. The molecule has 1 aromatic rings. The van der Waals surface area contributed by atoms with Gasteiger partial charge < -0.3 is 10.5 Å². The molecule has 0 radical (unpaired) electrons. The summed E-state index contributed by atoms with van der Waals surface area (Å²) in [5, 5.41) is 0. The molecule has 1 aliphatic rings. The lowest BCUT2D eigenvalue weighted by molar-refractivity contribution is 0.251. The quantitative estimate of drug-likeness (QED) is 0.769. The maximum absolute atomic E-state index is 5.85. The zero-order chi connectivity index (χ0) is 12.3. The summed E-state index contributed by atoms with van der Waals surface area (Å²) in [6, 6.07) is 6.66. The van der Waals surface area contributed by atoms with Crippen LogP contribution in [0.1, 0.15) is 31.7 Å². The van der Waals surface area contributed by atoms with E-state index in [0.29, 0.717) is 0 Å². The third-order valence-corrected chi connectivity index (χ3v) is 3.25. The fourth-order valence-corrected chi connectivity index (χ4v) is 2.26. The van der Waals surface area contributed by atoms with Gasteiger partial charge in [0.05, 0.1) is 7.11 Å². The van der Waals surface area contributed by atoms with Crippen LogP contribution < -0.4 is 10.5 Å². The van der Waals surface area contributed by atoms with Gasteiger partial charge in [0.15, 0.2) is 0 Å². The SMILES string of the molecule is CCCN(Cc1cc(N)ccc1OC)C1CC1. The second-order valence-corrected chi connectivity index (χ2v) is 4.77. The van der Waals surface area contributed by atoms with Gasteiger partial charge >= 0.3 is 0 Å². The van der Waals surface area contributed by atoms with Crippen molar-refractivity contribution in [2.45, 2.75) is 38.8 Å². The molecule has 2 N–H and O–H groups in total. The molecular formula is C14H22N2O. The minimum Gasteiger partial charge on any atom is -0.496 e. The van der Waals surface area contributed by atoms with E-state index in [9.17, 15) is 0 Å². The molecule has 17 heavy (non-hydrogen) atoms. The van der Waals surface area contributed by atoms with Crippen molar-refractivity contribution in [3.8, 4) is 5.75 Å². The molecule has 1 aliphatic carbocycles. The van der Waals surface area contributed by atoms with Gasteiger partial charge in [-0.15, -0.1) is 0 Å². The molecule has 0 aliphatic heterocycles. The van der Waals surface area contributed by atoms with Crippen LogP contribution in [0.15, 0.2) is 18.2 Å². The van der Waals surface area contributed by atoms with Crippen LogP contribution in [0.25, 0.3) is 0 Å². The Morgan fingerprint density at radius 2 is 2.18 bits per heavy atom. The van der Waals surface area contributed by atoms with Crippen LogP contribution in [-0.2, 0) is 6.54 Å². The van der Waals surface area contributed by atoms with Crippen molar-refractivity contribution >= 4 is 5.69 Å². The molecule has 3 nitrogen and oxygen atoms in total. The largest absolute Gasteiger partial charge is 0.496 e. The lowest BCUT2D eigenvalue weighted by Gasteiger charge is -2.22. The summed E-state index contributed by atoms with van der Waals surface area (Å²) in [5.74, 6) is 0.945. The first kappa shape index (κ1) is 12.2. The molecule has 0 saturated heterocycles. The Bertz CT molecular complexity index is 374. The van der Waals surface area contributed by atoms with Gasteiger partial charge in [0.25, 0.3) is 0 Å². The number of nitrogens with zero attached hydrogens (tertiary/aromatic N) is 1. The van der Waals surface area contributed by atoms with E-state index >= 15 is 0 Å². The topological polar surface area (TPSA) is 38.5 Å². The highest BCUT2D eigenvalue weighted by atomic mass is 16.5. The Hall–Kier alpha value is -1.22. The highest BCUT2D eigenvalue weighted by Crippen LogP contribution is 2.31. The van der Waals surface area contributed by atoms with Gasteiger partial charge in [-0.1, -0.05) is 6.92 Å². The summed E-state index contributed by atoms with van der Waals surface area (Å²) in [4.78, 5) is 2.54. The molecule has 1 aromatic carbocycles. The molecule has 1 saturated carbocycles. The van der Waals surface area contributed by atoms with Gasteiger partial charge in [0, 0.05) is 23.8 Å². The first-order valence-electron chi connectivity index (χ1n) is 6.41. The van der Waals surface area contributed by atoms with Crippen molar-refractivity contribution in [2.75, 3.05) is 19.4 Å². The van der Waals surface area contributed by atoms with Gasteiger partial charge in [0.2, 0.25) is 0 Å². The summed E-state index contributed by atoms with van der Waals surface area (Å²) in [7, 11) is 1.72. The zero-order valence-electron chi connectivity index (χ0n) is 10.8. The average Bonchev–Trinajstić information content (AvgIpc) is 3.13. The van der Waals surface area contributed by atoms with E-state index in [0.717, 1.165) is 30.6 Å². The number of hydrogen-bond acceptors (Lipinski definition) is 3. The summed E-state index contributed by atoms with van der Waals surface area (Å²) in [6.45, 7) is 4.33. The molecular weight excluding hydrogens is 212 g/mol. The molecule has 0 heterocycles. The maximum Gasteiger partial charge on any atom is 0.123 e. The molecule has 1 fully saturated rings. The third-order valence-electron chi connectivity index (χ3n) is 3.25. The molecule has 0 spiro atoms. The molecule has 0 atom stereocenters. The Balaban J connectivity index is 2.11. The number of nitrogens with two attached hydrogens (primary N) is 1. The van der Waals surface area contributed by atoms with Gasteiger partial charge in [-0.05, 0) is 44.0 Å². The van der Waals surface area contributed by atoms with Crippen LogP contribution in [0.3, 0.4) is 0 Å². The maximum atomic E-state index is 5.85. The number of nitrogen functional groups attached to an aromatic ring is 1. The molecule has 0 bridgehead atoms. The van der Waals surface area contributed by atoms with E-state index in [1.54, 1.807) is 7.11 Å². The van der Waals surface area contributed by atoms with Gasteiger partial charge in [-0.2, -0.15) is 0 Å². The Morgan fingerprint density at radius 3 is 2.76 bits per heavy atom. The second-order valence-electron chi connectivity index (χ2n) is 4.77. The van der Waals surface area contributed by atoms with E-state index < -0.39 is 0 Å². The molecule has 0 aromatic heterocycles. The zero-order valence-corrected chi connectivity index (χ0v) is 10.8. The number of anilines is 1. The fraction of sp³-hybridized carbons (Fsp3) is 0.571. The Morgan fingerprint density at radius 1 is 1.41 bits per heavy atom. The number of rotatable bonds is 6. The van der Waals surface area contributed by atoms with Crippen molar-refractivity contribution in [3.05, 3.63) is 23.8 Å². The number of methoxy groups -OCH3 is 1. The van der Waals surface area contributed by atoms with Crippen LogP contribution in [-0.4, -0.2) is 24.6 Å². The predicted octanol–water partition coefficient (Wildman–Crippen LogP) is 2.65. The normalized spacial score (nSPS) is 15.2. The smallest absolute Gasteiger partial charge is 0.123 e. The highest BCUT2D eigenvalue weighted by Gasteiger charge is 2.28. The fourth-order valence-electron chi connectivity index (χ4n) is 2.26. The molecule has 3 heteroatoms. The Kier molecular flexibility index (Phi) is 3.89. The number of benzene rings is 1. The molecule has 94 valence electrons. The van der Waals surface area contributed by atoms with Crippen LogP contribution in [0, 0.1) is 0 Å². The van der Waals surface area contributed by atoms with Gasteiger partial charge in [-0.3, -0.25) is 4.90 Å². The lowest BCUT2D eigenvalue weighted by Crippen LogP contribution is -2.26. The first-order chi connectivity index (χ1) is 8.24. The third kappa shape index (κ3) is 3.13.